The number of carbonyl (C=O) groups is 3. The number of hydrogen-bond donors (Lipinski definition) is 3. The molecule has 140 valence electrons. The molecule has 0 unspecified atom stereocenters. The number of benzene rings is 2. The molecule has 0 aliphatic heterocycles. The van der Waals surface area contributed by atoms with Gasteiger partial charge in [-0.2, -0.15) is 0 Å². The van der Waals surface area contributed by atoms with Gasteiger partial charge in [0.25, 0.3) is 5.91 Å². The van der Waals surface area contributed by atoms with Crippen molar-refractivity contribution in [3.8, 4) is 0 Å². The second-order valence-corrected chi connectivity index (χ2v) is 5.48. The third kappa shape index (κ3) is 5.74. The Morgan fingerprint density at radius 3 is 2.33 bits per heavy atom. The number of nitrogens with two attached hydrogens (primary N) is 1. The number of anilines is 1. The molecule has 2 aromatic carbocycles. The van der Waals surface area contributed by atoms with Gasteiger partial charge in [0.05, 0.1) is 11.3 Å². The minimum Gasteiger partial charge on any atom is -0.370 e. The number of para-hydroxylation sites is 1. The summed E-state index contributed by atoms with van der Waals surface area (Å²) in [7, 11) is 0. The fourth-order valence-electron chi connectivity index (χ4n) is 2.19. The second kappa shape index (κ2) is 9.23. The molecule has 2 rings (SSSR count). The fourth-order valence-corrected chi connectivity index (χ4v) is 2.19. The van der Waals surface area contributed by atoms with Crippen LogP contribution in [0.15, 0.2) is 48.5 Å². The summed E-state index contributed by atoms with van der Waals surface area (Å²) in [5, 5.41) is 4.99. The Labute approximate surface area is 154 Å². The molecule has 4 N–H and O–H groups in total. The van der Waals surface area contributed by atoms with Crippen LogP contribution in [0.25, 0.3) is 6.08 Å². The van der Waals surface area contributed by atoms with Crippen molar-refractivity contribution >= 4 is 29.5 Å². The van der Waals surface area contributed by atoms with Gasteiger partial charge < -0.3 is 16.4 Å². The molecule has 3 amide bonds. The zero-order valence-corrected chi connectivity index (χ0v) is 14.2. The van der Waals surface area contributed by atoms with E-state index in [9.17, 15) is 23.2 Å². The van der Waals surface area contributed by atoms with Crippen LogP contribution < -0.4 is 16.4 Å². The Balaban J connectivity index is 2.09. The van der Waals surface area contributed by atoms with Gasteiger partial charge >= 0.3 is 0 Å². The molecule has 27 heavy (non-hydrogen) atoms. The van der Waals surface area contributed by atoms with Crippen molar-refractivity contribution in [2.24, 2.45) is 5.73 Å². The van der Waals surface area contributed by atoms with Gasteiger partial charge in [-0.1, -0.05) is 18.2 Å². The quantitative estimate of drug-likeness (QED) is 0.649. The van der Waals surface area contributed by atoms with E-state index in [2.05, 4.69) is 10.6 Å². The summed E-state index contributed by atoms with van der Waals surface area (Å²) in [5.41, 5.74) is 5.04. The monoisotopic (exact) mass is 373 g/mol. The van der Waals surface area contributed by atoms with E-state index in [4.69, 9.17) is 5.73 Å². The van der Waals surface area contributed by atoms with Crippen LogP contribution in [0, 0.1) is 11.6 Å². The Kier molecular flexibility index (Phi) is 6.76. The molecule has 0 aromatic heterocycles. The molecule has 6 nitrogen and oxygen atoms in total. The molecule has 0 fully saturated rings. The molecule has 0 bridgehead atoms. The second-order valence-electron chi connectivity index (χ2n) is 5.48. The van der Waals surface area contributed by atoms with Gasteiger partial charge in [-0.15, -0.1) is 0 Å². The first-order valence-electron chi connectivity index (χ1n) is 7.97. The molecule has 0 spiro atoms. The van der Waals surface area contributed by atoms with Crippen LogP contribution in [0.3, 0.4) is 0 Å². The number of hydrogen-bond acceptors (Lipinski definition) is 3. The molecule has 0 saturated heterocycles. The van der Waals surface area contributed by atoms with Gasteiger partial charge in [-0.05, 0) is 30.3 Å². The van der Waals surface area contributed by atoms with E-state index in [0.29, 0.717) is 0 Å². The maximum Gasteiger partial charge on any atom is 0.253 e. The van der Waals surface area contributed by atoms with Crippen LogP contribution in [0.2, 0.25) is 0 Å². The van der Waals surface area contributed by atoms with Gasteiger partial charge in [0, 0.05) is 24.6 Å². The van der Waals surface area contributed by atoms with Crippen LogP contribution in [0.5, 0.6) is 0 Å². The Morgan fingerprint density at radius 1 is 1.00 bits per heavy atom. The number of carbonyl (C=O) groups excluding carboxylic acids is 3. The SMILES string of the molecule is NC(=O)CCNC(=O)c1ccccc1NC(=O)/C=C/c1c(F)cccc1F. The third-order valence-corrected chi connectivity index (χ3v) is 3.49. The molecule has 2 aromatic rings. The summed E-state index contributed by atoms with van der Waals surface area (Å²) < 4.78 is 27.1. The third-order valence-electron chi connectivity index (χ3n) is 3.49. The van der Waals surface area contributed by atoms with E-state index in [1.165, 1.54) is 18.2 Å². The average molecular weight is 373 g/mol. The predicted molar refractivity (Wildman–Crippen MR) is 96.6 cm³/mol. The Bertz CT molecular complexity index is 877. The van der Waals surface area contributed by atoms with E-state index in [1.807, 2.05) is 0 Å². The van der Waals surface area contributed by atoms with Gasteiger partial charge in [-0.3, -0.25) is 14.4 Å². The molecule has 0 heterocycles. The molecular weight excluding hydrogens is 356 g/mol. The molecule has 0 radical (unpaired) electrons. The van der Waals surface area contributed by atoms with E-state index in [-0.39, 0.29) is 29.8 Å². The summed E-state index contributed by atoms with van der Waals surface area (Å²) in [4.78, 5) is 34.9. The number of amides is 3. The van der Waals surface area contributed by atoms with Crippen LogP contribution in [0.1, 0.15) is 22.3 Å². The molecule has 0 saturated carbocycles. The Hall–Kier alpha value is -3.55. The molecule has 8 heteroatoms. The first-order chi connectivity index (χ1) is 12.9. The van der Waals surface area contributed by atoms with Crippen molar-refractivity contribution in [1.82, 2.24) is 5.32 Å². The fraction of sp³-hybridized carbons (Fsp3) is 0.105. The minimum atomic E-state index is -0.798. The summed E-state index contributed by atoms with van der Waals surface area (Å²) in [6.45, 7) is 0.0584. The smallest absolute Gasteiger partial charge is 0.253 e. The number of nitrogens with one attached hydrogen (secondary N) is 2. The average Bonchev–Trinajstić information content (AvgIpc) is 2.61. The number of primary amides is 1. The zero-order chi connectivity index (χ0) is 19.8. The maximum atomic E-state index is 13.6. The van der Waals surface area contributed by atoms with Gasteiger partial charge in [0.2, 0.25) is 11.8 Å². The lowest BCUT2D eigenvalue weighted by atomic mass is 10.1. The van der Waals surface area contributed by atoms with Gasteiger partial charge in [0.15, 0.2) is 0 Å². The van der Waals surface area contributed by atoms with E-state index < -0.39 is 29.4 Å². The van der Waals surface area contributed by atoms with Crippen molar-refractivity contribution in [3.63, 3.8) is 0 Å². The standard InChI is InChI=1S/C19H17F2N3O3/c20-14-5-3-6-15(21)12(14)8-9-18(26)24-16-7-2-1-4-13(16)19(27)23-11-10-17(22)25/h1-9H,10-11H2,(H2,22,25)(H,23,27)(H,24,26)/b9-8+. The minimum absolute atomic E-state index is 0.0167. The van der Waals surface area contributed by atoms with E-state index >= 15 is 0 Å². The highest BCUT2D eigenvalue weighted by Crippen LogP contribution is 2.16. The normalized spacial score (nSPS) is 10.6. The first-order valence-corrected chi connectivity index (χ1v) is 7.97. The maximum absolute atomic E-state index is 13.6. The lowest BCUT2D eigenvalue weighted by molar-refractivity contribution is -0.118. The van der Waals surface area contributed by atoms with Crippen LogP contribution in [-0.4, -0.2) is 24.3 Å². The highest BCUT2D eigenvalue weighted by Gasteiger charge is 2.12. The Morgan fingerprint density at radius 2 is 1.67 bits per heavy atom. The van der Waals surface area contributed by atoms with Crippen molar-refractivity contribution in [1.29, 1.82) is 0 Å². The molecular formula is C19H17F2N3O3. The molecule has 0 aliphatic carbocycles. The topological polar surface area (TPSA) is 101 Å². The zero-order valence-electron chi connectivity index (χ0n) is 14.2. The van der Waals surface area contributed by atoms with Crippen LogP contribution in [0.4, 0.5) is 14.5 Å². The number of rotatable bonds is 7. The first kappa shape index (κ1) is 19.8. The predicted octanol–water partition coefficient (Wildman–Crippen LogP) is 2.22. The largest absolute Gasteiger partial charge is 0.370 e. The van der Waals surface area contributed by atoms with E-state index in [1.54, 1.807) is 12.1 Å². The highest BCUT2D eigenvalue weighted by molar-refractivity contribution is 6.07. The van der Waals surface area contributed by atoms with Gasteiger partial charge in [0.1, 0.15) is 11.6 Å². The van der Waals surface area contributed by atoms with Crippen LogP contribution >= 0.6 is 0 Å². The van der Waals surface area contributed by atoms with Crippen molar-refractivity contribution in [2.75, 3.05) is 11.9 Å². The van der Waals surface area contributed by atoms with Crippen molar-refractivity contribution in [3.05, 3.63) is 71.3 Å². The van der Waals surface area contributed by atoms with Crippen LogP contribution in [-0.2, 0) is 9.59 Å². The highest BCUT2D eigenvalue weighted by atomic mass is 19.1. The summed E-state index contributed by atoms with van der Waals surface area (Å²) >= 11 is 0. The summed E-state index contributed by atoms with van der Waals surface area (Å²) in [6.07, 6.45) is 1.95. The lowest BCUT2D eigenvalue weighted by Crippen LogP contribution is -2.28. The number of halogens is 2. The van der Waals surface area contributed by atoms with Crippen molar-refractivity contribution < 1.29 is 23.2 Å². The van der Waals surface area contributed by atoms with Crippen molar-refractivity contribution in [2.45, 2.75) is 6.42 Å². The summed E-state index contributed by atoms with van der Waals surface area (Å²) in [5.74, 6) is -3.32. The summed E-state index contributed by atoms with van der Waals surface area (Å²) in [6, 6.07) is 9.56. The molecule has 0 atom stereocenters. The van der Waals surface area contributed by atoms with E-state index in [0.717, 1.165) is 24.3 Å². The lowest BCUT2D eigenvalue weighted by Gasteiger charge is -2.10. The van der Waals surface area contributed by atoms with Gasteiger partial charge in [-0.25, -0.2) is 8.78 Å². The molecule has 0 aliphatic rings.